The van der Waals surface area contributed by atoms with Crippen LogP contribution in [0.25, 0.3) is 0 Å². The van der Waals surface area contributed by atoms with Crippen LogP contribution >= 0.6 is 0 Å². The maximum absolute atomic E-state index is 5.51. The van der Waals surface area contributed by atoms with Gasteiger partial charge in [-0.25, -0.2) is 5.84 Å². The molecule has 0 aromatic rings. The number of hydrogen-bond donors (Lipinski definition) is 2. The van der Waals surface area contributed by atoms with E-state index in [9.17, 15) is 0 Å². The van der Waals surface area contributed by atoms with Crippen molar-refractivity contribution in [2.75, 3.05) is 19.6 Å². The predicted molar refractivity (Wildman–Crippen MR) is 69.1 cm³/mol. The van der Waals surface area contributed by atoms with E-state index in [1.54, 1.807) is 0 Å². The van der Waals surface area contributed by atoms with Crippen molar-refractivity contribution in [1.29, 1.82) is 0 Å². The molecule has 0 spiro atoms. The highest BCUT2D eigenvalue weighted by atomic mass is 15.4. The molecule has 16 heavy (non-hydrogen) atoms. The average Bonchev–Trinajstić information content (AvgIpc) is 2.52. The molecule has 1 fully saturated rings. The quantitative estimate of drug-likeness (QED) is 0.333. The zero-order chi connectivity index (χ0) is 11.8. The summed E-state index contributed by atoms with van der Waals surface area (Å²) in [6.07, 6.45) is 6.56. The summed E-state index contributed by atoms with van der Waals surface area (Å²) < 4.78 is 0. The minimum Gasteiger partial charge on any atom is -0.342 e. The summed E-state index contributed by atoms with van der Waals surface area (Å²) in [6.45, 7) is 7.27. The van der Waals surface area contributed by atoms with Gasteiger partial charge < -0.3 is 4.90 Å². The van der Waals surface area contributed by atoms with Crippen LogP contribution in [0.15, 0.2) is 4.99 Å². The Kier molecular flexibility index (Phi) is 6.23. The summed E-state index contributed by atoms with van der Waals surface area (Å²) in [5, 5.41) is 0. The molecule has 0 bridgehead atoms. The lowest BCUT2D eigenvalue weighted by Crippen LogP contribution is -2.45. The number of aliphatic imine (C=N–C) groups is 1. The predicted octanol–water partition coefficient (Wildman–Crippen LogP) is 1.73. The second kappa shape index (κ2) is 7.49. The molecule has 0 aliphatic carbocycles. The van der Waals surface area contributed by atoms with Crippen molar-refractivity contribution >= 4 is 5.96 Å². The second-order valence-corrected chi connectivity index (χ2v) is 4.51. The largest absolute Gasteiger partial charge is 0.342 e. The summed E-state index contributed by atoms with van der Waals surface area (Å²) in [5.74, 6) is 7.27. The van der Waals surface area contributed by atoms with Gasteiger partial charge in [0.1, 0.15) is 0 Å². The van der Waals surface area contributed by atoms with Gasteiger partial charge in [0, 0.05) is 19.6 Å². The summed E-state index contributed by atoms with van der Waals surface area (Å²) >= 11 is 0. The zero-order valence-corrected chi connectivity index (χ0v) is 10.7. The summed E-state index contributed by atoms with van der Waals surface area (Å²) in [7, 11) is 0. The average molecular weight is 226 g/mol. The van der Waals surface area contributed by atoms with Crippen LogP contribution in [0, 0.1) is 5.92 Å². The van der Waals surface area contributed by atoms with Crippen molar-refractivity contribution in [2.45, 2.75) is 46.0 Å². The van der Waals surface area contributed by atoms with E-state index in [2.05, 4.69) is 22.2 Å². The monoisotopic (exact) mass is 226 g/mol. The Hall–Kier alpha value is -0.770. The molecule has 0 aromatic carbocycles. The fourth-order valence-electron chi connectivity index (χ4n) is 2.46. The first kappa shape index (κ1) is 13.3. The van der Waals surface area contributed by atoms with E-state index in [0.29, 0.717) is 0 Å². The van der Waals surface area contributed by atoms with Gasteiger partial charge in [-0.05, 0) is 32.1 Å². The van der Waals surface area contributed by atoms with E-state index in [1.165, 1.54) is 32.1 Å². The van der Waals surface area contributed by atoms with E-state index < -0.39 is 0 Å². The Morgan fingerprint density at radius 2 is 2.19 bits per heavy atom. The maximum atomic E-state index is 5.51. The lowest BCUT2D eigenvalue weighted by molar-refractivity contribution is 0.393. The number of hydrazine groups is 1. The van der Waals surface area contributed by atoms with E-state index in [0.717, 1.165) is 31.5 Å². The molecule has 1 atom stereocenters. The molecule has 0 radical (unpaired) electrons. The summed E-state index contributed by atoms with van der Waals surface area (Å²) in [6, 6.07) is 0. The molecule has 0 amide bonds. The summed E-state index contributed by atoms with van der Waals surface area (Å²) in [5.41, 5.74) is 2.72. The molecule has 4 heteroatoms. The lowest BCUT2D eigenvalue weighted by atomic mass is 9.96. The first-order chi connectivity index (χ1) is 7.81. The Morgan fingerprint density at radius 3 is 2.81 bits per heavy atom. The summed E-state index contributed by atoms with van der Waals surface area (Å²) in [4.78, 5) is 6.68. The molecule has 0 aromatic heterocycles. The third kappa shape index (κ3) is 4.00. The SMILES string of the molecule is CCCC1CCCN(C(=NCC)NN)CC1. The van der Waals surface area contributed by atoms with Crippen molar-refractivity contribution < 1.29 is 0 Å². The van der Waals surface area contributed by atoms with Gasteiger partial charge in [0.15, 0.2) is 0 Å². The van der Waals surface area contributed by atoms with Crippen LogP contribution in [0.4, 0.5) is 0 Å². The molecular weight excluding hydrogens is 200 g/mol. The molecule has 1 aliphatic heterocycles. The van der Waals surface area contributed by atoms with Crippen LogP contribution < -0.4 is 11.3 Å². The molecular formula is C12H26N4. The van der Waals surface area contributed by atoms with Gasteiger partial charge in [0.2, 0.25) is 5.96 Å². The first-order valence-electron chi connectivity index (χ1n) is 6.57. The first-order valence-corrected chi connectivity index (χ1v) is 6.57. The van der Waals surface area contributed by atoms with Crippen molar-refractivity contribution in [3.8, 4) is 0 Å². The van der Waals surface area contributed by atoms with Crippen molar-refractivity contribution in [3.05, 3.63) is 0 Å². The number of nitrogens with two attached hydrogens (primary N) is 1. The third-order valence-corrected chi connectivity index (χ3v) is 3.28. The van der Waals surface area contributed by atoms with E-state index in [-0.39, 0.29) is 0 Å². The molecule has 1 saturated heterocycles. The standard InChI is InChI=1S/C12H26N4/c1-3-6-11-7-5-9-16(10-8-11)12(15-13)14-4-2/h11H,3-10,13H2,1-2H3,(H,14,15). The van der Waals surface area contributed by atoms with Gasteiger partial charge >= 0.3 is 0 Å². The molecule has 3 N–H and O–H groups in total. The lowest BCUT2D eigenvalue weighted by Gasteiger charge is -2.23. The zero-order valence-electron chi connectivity index (χ0n) is 10.7. The van der Waals surface area contributed by atoms with Gasteiger partial charge in [-0.1, -0.05) is 19.8 Å². The highest BCUT2D eigenvalue weighted by Crippen LogP contribution is 2.21. The molecule has 0 saturated carbocycles. The van der Waals surface area contributed by atoms with E-state index in [1.807, 2.05) is 6.92 Å². The van der Waals surface area contributed by atoms with E-state index in [4.69, 9.17) is 5.84 Å². The number of rotatable bonds is 3. The highest BCUT2D eigenvalue weighted by Gasteiger charge is 2.18. The van der Waals surface area contributed by atoms with Crippen molar-refractivity contribution in [1.82, 2.24) is 10.3 Å². The Morgan fingerprint density at radius 1 is 1.38 bits per heavy atom. The van der Waals surface area contributed by atoms with Crippen molar-refractivity contribution in [2.24, 2.45) is 16.8 Å². The molecule has 1 unspecified atom stereocenters. The van der Waals surface area contributed by atoms with E-state index >= 15 is 0 Å². The third-order valence-electron chi connectivity index (χ3n) is 3.28. The molecule has 1 aliphatic rings. The molecule has 1 heterocycles. The van der Waals surface area contributed by atoms with Crippen LogP contribution in [0.3, 0.4) is 0 Å². The van der Waals surface area contributed by atoms with Gasteiger partial charge in [-0.3, -0.25) is 10.4 Å². The normalized spacial score (nSPS) is 23.1. The maximum Gasteiger partial charge on any atom is 0.208 e. The number of nitrogens with zero attached hydrogens (tertiary/aromatic N) is 2. The smallest absolute Gasteiger partial charge is 0.208 e. The fourth-order valence-corrected chi connectivity index (χ4v) is 2.46. The van der Waals surface area contributed by atoms with Crippen LogP contribution in [0.5, 0.6) is 0 Å². The van der Waals surface area contributed by atoms with Crippen molar-refractivity contribution in [3.63, 3.8) is 0 Å². The molecule has 4 nitrogen and oxygen atoms in total. The minimum atomic E-state index is 0.786. The van der Waals surface area contributed by atoms with Crippen LogP contribution in [0.1, 0.15) is 46.0 Å². The number of hydrogen-bond acceptors (Lipinski definition) is 2. The highest BCUT2D eigenvalue weighted by molar-refractivity contribution is 5.79. The van der Waals surface area contributed by atoms with Gasteiger partial charge in [-0.2, -0.15) is 0 Å². The van der Waals surface area contributed by atoms with Crippen LogP contribution in [0.2, 0.25) is 0 Å². The van der Waals surface area contributed by atoms with Gasteiger partial charge in [-0.15, -0.1) is 0 Å². The Bertz CT molecular complexity index is 215. The number of guanidine groups is 1. The molecule has 1 rings (SSSR count). The molecule has 94 valence electrons. The topological polar surface area (TPSA) is 53.6 Å². The van der Waals surface area contributed by atoms with Crippen LogP contribution in [-0.4, -0.2) is 30.5 Å². The van der Waals surface area contributed by atoms with Gasteiger partial charge in [0.05, 0.1) is 0 Å². The second-order valence-electron chi connectivity index (χ2n) is 4.51. The Labute approximate surface area is 99.3 Å². The Balaban J connectivity index is 2.48. The number of likely N-dealkylation sites (tertiary alicyclic amines) is 1. The fraction of sp³-hybridized carbons (Fsp3) is 0.917. The number of nitrogens with one attached hydrogen (secondary N) is 1. The van der Waals surface area contributed by atoms with Gasteiger partial charge in [0.25, 0.3) is 0 Å². The minimum absolute atomic E-state index is 0.786. The van der Waals surface area contributed by atoms with Crippen LogP contribution in [-0.2, 0) is 0 Å².